The fourth-order valence-corrected chi connectivity index (χ4v) is 1.64. The summed E-state index contributed by atoms with van der Waals surface area (Å²) < 4.78 is 13.0. The summed E-state index contributed by atoms with van der Waals surface area (Å²) in [4.78, 5) is 22.1. The Morgan fingerprint density at radius 2 is 2.23 bits per heavy atom. The molecule has 1 unspecified atom stereocenters. The van der Waals surface area contributed by atoms with E-state index in [4.69, 9.17) is 0 Å². The van der Waals surface area contributed by atoms with Gasteiger partial charge >= 0.3 is 0 Å². The molecule has 1 fully saturated rings. The van der Waals surface area contributed by atoms with Crippen molar-refractivity contribution in [3.8, 4) is 0 Å². The van der Waals surface area contributed by atoms with Gasteiger partial charge in [-0.2, -0.15) is 0 Å². The first-order valence-corrected chi connectivity index (χ1v) is 4.03. The molecule has 3 nitrogen and oxygen atoms in total. The van der Waals surface area contributed by atoms with Crippen molar-refractivity contribution in [3.05, 3.63) is 23.2 Å². The lowest BCUT2D eigenvalue weighted by Gasteiger charge is -2.14. The highest BCUT2D eigenvalue weighted by molar-refractivity contribution is 6.40. The van der Waals surface area contributed by atoms with Crippen LogP contribution < -0.4 is 5.32 Å². The summed E-state index contributed by atoms with van der Waals surface area (Å²) in [6.45, 7) is 1.56. The van der Waals surface area contributed by atoms with E-state index >= 15 is 0 Å². The molecule has 0 spiro atoms. The van der Waals surface area contributed by atoms with Crippen LogP contribution in [0.15, 0.2) is 23.2 Å². The number of rotatable bonds is 0. The molecule has 4 heteroatoms. The lowest BCUT2D eigenvalue weighted by atomic mass is 9.92. The molecule has 1 amide bonds. The fourth-order valence-electron chi connectivity index (χ4n) is 1.64. The fraction of sp³-hybridized carbons (Fsp3) is 0.333. The Balaban J connectivity index is 2.47. The SMILES string of the molecule is CC1=C2NC(=O)C(=O)C2CC=C1F. The smallest absolute Gasteiger partial charge is 0.292 e. The minimum atomic E-state index is -0.623. The van der Waals surface area contributed by atoms with Crippen LogP contribution in [-0.2, 0) is 9.59 Å². The first-order valence-electron chi connectivity index (χ1n) is 4.03. The highest BCUT2D eigenvalue weighted by Crippen LogP contribution is 2.32. The van der Waals surface area contributed by atoms with Gasteiger partial charge in [0.1, 0.15) is 5.83 Å². The number of carbonyl (C=O) groups is 2. The van der Waals surface area contributed by atoms with Crippen molar-refractivity contribution < 1.29 is 14.0 Å². The van der Waals surface area contributed by atoms with Crippen LogP contribution in [0.2, 0.25) is 0 Å². The van der Waals surface area contributed by atoms with E-state index in [0.29, 0.717) is 11.3 Å². The summed E-state index contributed by atoms with van der Waals surface area (Å²) in [7, 11) is 0. The van der Waals surface area contributed by atoms with Gasteiger partial charge in [0.25, 0.3) is 5.91 Å². The maximum Gasteiger partial charge on any atom is 0.292 e. The number of nitrogens with one attached hydrogen (secondary N) is 1. The Labute approximate surface area is 74.3 Å². The summed E-state index contributed by atoms with van der Waals surface area (Å²) in [6.07, 6.45) is 1.64. The van der Waals surface area contributed by atoms with Crippen LogP contribution in [-0.4, -0.2) is 11.7 Å². The molecule has 1 aliphatic heterocycles. The largest absolute Gasteiger partial charge is 0.322 e. The molecule has 68 valence electrons. The van der Waals surface area contributed by atoms with E-state index in [2.05, 4.69) is 5.32 Å². The Hall–Kier alpha value is -1.45. The van der Waals surface area contributed by atoms with E-state index in [0.717, 1.165) is 0 Å². The minimum Gasteiger partial charge on any atom is -0.322 e. The Bertz CT molecular complexity index is 368. The first-order chi connectivity index (χ1) is 6.11. The van der Waals surface area contributed by atoms with Crippen LogP contribution in [0.5, 0.6) is 0 Å². The first kappa shape index (κ1) is 8.16. The zero-order valence-electron chi connectivity index (χ0n) is 7.06. The summed E-state index contributed by atoms with van der Waals surface area (Å²) in [5, 5.41) is 2.40. The number of fused-ring (bicyclic) bond motifs is 1. The van der Waals surface area contributed by atoms with Gasteiger partial charge in [-0.05, 0) is 19.4 Å². The molecule has 1 atom stereocenters. The van der Waals surface area contributed by atoms with Gasteiger partial charge in [0, 0.05) is 11.3 Å². The van der Waals surface area contributed by atoms with Gasteiger partial charge < -0.3 is 5.32 Å². The van der Waals surface area contributed by atoms with E-state index in [1.165, 1.54) is 6.08 Å². The average molecular weight is 181 g/mol. The maximum atomic E-state index is 13.0. The molecular weight excluding hydrogens is 173 g/mol. The molecule has 1 saturated heterocycles. The summed E-state index contributed by atoms with van der Waals surface area (Å²) >= 11 is 0. The normalized spacial score (nSPS) is 27.2. The third kappa shape index (κ3) is 1.02. The van der Waals surface area contributed by atoms with Crippen LogP contribution in [0.3, 0.4) is 0 Å². The molecule has 0 saturated carbocycles. The predicted octanol–water partition coefficient (Wildman–Crippen LogP) is 0.833. The van der Waals surface area contributed by atoms with E-state index in [1.54, 1.807) is 6.92 Å². The Morgan fingerprint density at radius 3 is 2.92 bits per heavy atom. The molecule has 13 heavy (non-hydrogen) atoms. The molecular formula is C9H8FNO2. The van der Waals surface area contributed by atoms with Crippen molar-refractivity contribution in [2.24, 2.45) is 5.92 Å². The highest BCUT2D eigenvalue weighted by Gasteiger charge is 2.39. The quantitative estimate of drug-likeness (QED) is 0.562. The summed E-state index contributed by atoms with van der Waals surface area (Å²) in [5.41, 5.74) is 0.811. The molecule has 2 aliphatic rings. The number of hydrogen-bond donors (Lipinski definition) is 1. The molecule has 1 aliphatic carbocycles. The van der Waals surface area contributed by atoms with E-state index in [1.807, 2.05) is 0 Å². The number of carbonyl (C=O) groups excluding carboxylic acids is 2. The second-order valence-corrected chi connectivity index (χ2v) is 3.20. The summed E-state index contributed by atoms with van der Waals surface area (Å²) in [5.74, 6) is -1.89. The van der Waals surface area contributed by atoms with Crippen LogP contribution in [0.4, 0.5) is 4.39 Å². The minimum absolute atomic E-state index is 0.288. The molecule has 2 rings (SSSR count). The topological polar surface area (TPSA) is 46.2 Å². The van der Waals surface area contributed by atoms with Gasteiger partial charge in [-0.1, -0.05) is 0 Å². The lowest BCUT2D eigenvalue weighted by Crippen LogP contribution is -2.18. The second kappa shape index (κ2) is 2.52. The summed E-state index contributed by atoms with van der Waals surface area (Å²) in [6, 6.07) is 0. The van der Waals surface area contributed by atoms with Crippen LogP contribution in [0, 0.1) is 5.92 Å². The number of Topliss-reactive ketones (excluding diaryl/α,β-unsaturated/α-hetero) is 1. The predicted molar refractivity (Wildman–Crippen MR) is 43.1 cm³/mol. The van der Waals surface area contributed by atoms with Gasteiger partial charge in [-0.15, -0.1) is 0 Å². The molecule has 0 aromatic rings. The van der Waals surface area contributed by atoms with Crippen molar-refractivity contribution in [1.82, 2.24) is 5.32 Å². The van der Waals surface area contributed by atoms with Gasteiger partial charge in [0.05, 0.1) is 5.92 Å². The molecule has 0 aromatic carbocycles. The van der Waals surface area contributed by atoms with Crippen molar-refractivity contribution >= 4 is 11.7 Å². The number of hydrogen-bond acceptors (Lipinski definition) is 2. The standard InChI is InChI=1S/C9H8FNO2/c1-4-6(10)3-2-5-7(4)11-9(13)8(5)12/h3,5H,2H2,1H3,(H,11,13). The molecule has 1 heterocycles. The van der Waals surface area contributed by atoms with E-state index in [9.17, 15) is 14.0 Å². The van der Waals surface area contributed by atoms with Gasteiger partial charge in [0.2, 0.25) is 5.78 Å². The number of amides is 1. The van der Waals surface area contributed by atoms with E-state index < -0.39 is 17.6 Å². The Kier molecular flexibility index (Phi) is 1.58. The van der Waals surface area contributed by atoms with Crippen molar-refractivity contribution in [2.75, 3.05) is 0 Å². The highest BCUT2D eigenvalue weighted by atomic mass is 19.1. The van der Waals surface area contributed by atoms with Crippen molar-refractivity contribution in [2.45, 2.75) is 13.3 Å². The number of ketones is 1. The average Bonchev–Trinajstić information content (AvgIpc) is 2.38. The van der Waals surface area contributed by atoms with Crippen LogP contribution in [0.25, 0.3) is 0 Å². The number of halogens is 1. The lowest BCUT2D eigenvalue weighted by molar-refractivity contribution is -0.136. The second-order valence-electron chi connectivity index (χ2n) is 3.20. The monoisotopic (exact) mass is 181 g/mol. The molecule has 0 aromatic heterocycles. The zero-order chi connectivity index (χ0) is 9.59. The molecule has 0 bridgehead atoms. The van der Waals surface area contributed by atoms with Crippen molar-refractivity contribution in [1.29, 1.82) is 0 Å². The van der Waals surface area contributed by atoms with Crippen LogP contribution >= 0.6 is 0 Å². The van der Waals surface area contributed by atoms with Crippen molar-refractivity contribution in [3.63, 3.8) is 0 Å². The Morgan fingerprint density at radius 1 is 1.54 bits per heavy atom. The third-order valence-electron chi connectivity index (χ3n) is 2.43. The van der Waals surface area contributed by atoms with Gasteiger partial charge in [0.15, 0.2) is 0 Å². The van der Waals surface area contributed by atoms with E-state index in [-0.39, 0.29) is 12.2 Å². The van der Waals surface area contributed by atoms with Gasteiger partial charge in [-0.25, -0.2) is 4.39 Å². The third-order valence-corrected chi connectivity index (χ3v) is 2.43. The maximum absolute atomic E-state index is 13.0. The number of allylic oxidation sites excluding steroid dienone is 4. The zero-order valence-corrected chi connectivity index (χ0v) is 7.06. The van der Waals surface area contributed by atoms with Gasteiger partial charge in [-0.3, -0.25) is 9.59 Å². The van der Waals surface area contributed by atoms with Crippen LogP contribution in [0.1, 0.15) is 13.3 Å². The molecule has 1 N–H and O–H groups in total. The molecule has 0 radical (unpaired) electrons.